The van der Waals surface area contributed by atoms with E-state index in [-0.39, 0.29) is 11.0 Å². The molecule has 0 bridgehead atoms. The van der Waals surface area contributed by atoms with Gasteiger partial charge in [-0.3, -0.25) is 10.1 Å². The van der Waals surface area contributed by atoms with Crippen LogP contribution in [0.3, 0.4) is 0 Å². The second-order valence-electron chi connectivity index (χ2n) is 6.88. The van der Waals surface area contributed by atoms with Crippen molar-refractivity contribution in [3.63, 3.8) is 0 Å². The average Bonchev–Trinajstić information content (AvgIpc) is 2.73. The molecule has 0 atom stereocenters. The summed E-state index contributed by atoms with van der Waals surface area (Å²) in [6.45, 7) is 2.78. The van der Waals surface area contributed by atoms with Crippen molar-refractivity contribution in [2.24, 2.45) is 0 Å². The second kappa shape index (κ2) is 10.6. The maximum absolute atomic E-state index is 12.7. The Balaban J connectivity index is 1.59. The third-order valence-electron chi connectivity index (χ3n) is 4.62. The fourth-order valence-electron chi connectivity index (χ4n) is 3.09. The van der Waals surface area contributed by atoms with Crippen molar-refractivity contribution in [1.82, 2.24) is 5.32 Å². The van der Waals surface area contributed by atoms with Crippen LogP contribution in [-0.2, 0) is 0 Å². The predicted octanol–water partition coefficient (Wildman–Crippen LogP) is 5.93. The summed E-state index contributed by atoms with van der Waals surface area (Å²) in [7, 11) is 0. The third-order valence-corrected chi connectivity index (χ3v) is 4.83. The van der Waals surface area contributed by atoms with Crippen molar-refractivity contribution in [1.29, 1.82) is 0 Å². The lowest BCUT2D eigenvalue weighted by molar-refractivity contribution is 0.0973. The molecule has 3 aromatic carbocycles. The minimum atomic E-state index is -0.285. The van der Waals surface area contributed by atoms with Gasteiger partial charge in [-0.25, -0.2) is 0 Å². The van der Waals surface area contributed by atoms with Crippen LogP contribution >= 0.6 is 12.2 Å². The van der Waals surface area contributed by atoms with Gasteiger partial charge in [-0.15, -0.1) is 0 Å². The number of hydrogen-bond acceptors (Lipinski definition) is 3. The molecular formula is C24H26N2O2S. The molecule has 0 saturated heterocycles. The van der Waals surface area contributed by atoms with Crippen molar-refractivity contribution in [3.8, 4) is 5.75 Å². The van der Waals surface area contributed by atoms with E-state index in [0.29, 0.717) is 17.9 Å². The van der Waals surface area contributed by atoms with Crippen LogP contribution < -0.4 is 15.4 Å². The fraction of sp³-hybridized carbons (Fsp3) is 0.250. The Hall–Kier alpha value is -2.92. The van der Waals surface area contributed by atoms with E-state index in [0.717, 1.165) is 29.3 Å². The first-order valence-corrected chi connectivity index (χ1v) is 10.4. The monoisotopic (exact) mass is 406 g/mol. The predicted molar refractivity (Wildman–Crippen MR) is 124 cm³/mol. The SMILES string of the molecule is CCCCCCOc1ccccc1C(=O)NC(=S)Nc1ccc2ccccc2c1. The molecular weight excluding hydrogens is 380 g/mol. The van der Waals surface area contributed by atoms with E-state index >= 15 is 0 Å². The Bertz CT molecular complexity index is 987. The smallest absolute Gasteiger partial charge is 0.261 e. The first-order chi connectivity index (χ1) is 14.2. The van der Waals surface area contributed by atoms with Crippen molar-refractivity contribution in [2.75, 3.05) is 11.9 Å². The molecule has 3 aromatic rings. The van der Waals surface area contributed by atoms with Crippen LogP contribution in [0.2, 0.25) is 0 Å². The van der Waals surface area contributed by atoms with E-state index < -0.39 is 0 Å². The fourth-order valence-corrected chi connectivity index (χ4v) is 3.30. The van der Waals surface area contributed by atoms with Crippen LogP contribution in [0.1, 0.15) is 43.0 Å². The minimum Gasteiger partial charge on any atom is -0.493 e. The number of para-hydroxylation sites is 1. The van der Waals surface area contributed by atoms with Crippen LogP contribution in [0.5, 0.6) is 5.75 Å². The van der Waals surface area contributed by atoms with Gasteiger partial charge in [0.1, 0.15) is 5.75 Å². The van der Waals surface area contributed by atoms with Crippen LogP contribution in [0, 0.1) is 0 Å². The van der Waals surface area contributed by atoms with Crippen LogP contribution in [-0.4, -0.2) is 17.6 Å². The van der Waals surface area contributed by atoms with Gasteiger partial charge in [0, 0.05) is 5.69 Å². The molecule has 0 saturated carbocycles. The largest absolute Gasteiger partial charge is 0.493 e. The maximum Gasteiger partial charge on any atom is 0.261 e. The normalized spacial score (nSPS) is 10.5. The number of thiocarbonyl (C=S) groups is 1. The summed E-state index contributed by atoms with van der Waals surface area (Å²) < 4.78 is 5.83. The molecule has 0 aliphatic heterocycles. The van der Waals surface area contributed by atoms with Crippen molar-refractivity contribution in [2.45, 2.75) is 32.6 Å². The topological polar surface area (TPSA) is 50.4 Å². The molecule has 1 amide bonds. The van der Waals surface area contributed by atoms with E-state index in [1.165, 1.54) is 12.8 Å². The number of anilines is 1. The molecule has 3 rings (SSSR count). The number of ether oxygens (including phenoxy) is 1. The van der Waals surface area contributed by atoms with Gasteiger partial charge >= 0.3 is 0 Å². The molecule has 5 heteroatoms. The van der Waals surface area contributed by atoms with Gasteiger partial charge in [0.2, 0.25) is 0 Å². The van der Waals surface area contributed by atoms with Crippen molar-refractivity contribution < 1.29 is 9.53 Å². The Morgan fingerprint density at radius 1 is 0.931 bits per heavy atom. The van der Waals surface area contributed by atoms with Gasteiger partial charge in [0.25, 0.3) is 5.91 Å². The second-order valence-corrected chi connectivity index (χ2v) is 7.28. The molecule has 4 nitrogen and oxygen atoms in total. The third kappa shape index (κ3) is 6.03. The van der Waals surface area contributed by atoms with Gasteiger partial charge in [0.15, 0.2) is 5.11 Å². The van der Waals surface area contributed by atoms with Gasteiger partial charge in [-0.1, -0.05) is 68.7 Å². The molecule has 0 aliphatic rings. The zero-order chi connectivity index (χ0) is 20.5. The van der Waals surface area contributed by atoms with E-state index in [2.05, 4.69) is 23.6 Å². The molecule has 0 aromatic heterocycles. The molecule has 0 aliphatic carbocycles. The standard InChI is InChI=1S/C24H26N2O2S/c1-2-3-4-9-16-28-22-13-8-7-12-21(22)23(27)26-24(29)25-20-15-14-18-10-5-6-11-19(18)17-20/h5-8,10-15,17H,2-4,9,16H2,1H3,(H2,25,26,27,29). The number of fused-ring (bicyclic) bond motifs is 1. The number of nitrogens with one attached hydrogen (secondary N) is 2. The Morgan fingerprint density at radius 3 is 2.52 bits per heavy atom. The number of unbranched alkanes of at least 4 members (excludes halogenated alkanes) is 3. The van der Waals surface area contributed by atoms with Crippen molar-refractivity contribution >= 4 is 39.7 Å². The van der Waals surface area contributed by atoms with E-state index in [1.807, 2.05) is 54.6 Å². The zero-order valence-corrected chi connectivity index (χ0v) is 17.4. The Kier molecular flexibility index (Phi) is 7.59. The number of hydrogen-bond donors (Lipinski definition) is 2. The summed E-state index contributed by atoms with van der Waals surface area (Å²) in [5.74, 6) is 0.294. The van der Waals surface area contributed by atoms with Crippen LogP contribution in [0.15, 0.2) is 66.7 Å². The maximum atomic E-state index is 12.7. The molecule has 150 valence electrons. The quantitative estimate of drug-likeness (QED) is 0.360. The molecule has 0 radical (unpaired) electrons. The van der Waals surface area contributed by atoms with Crippen molar-refractivity contribution in [3.05, 3.63) is 72.3 Å². The van der Waals surface area contributed by atoms with E-state index in [1.54, 1.807) is 6.07 Å². The summed E-state index contributed by atoms with van der Waals surface area (Å²) in [4.78, 5) is 12.7. The zero-order valence-electron chi connectivity index (χ0n) is 16.6. The summed E-state index contributed by atoms with van der Waals surface area (Å²) in [6.07, 6.45) is 4.48. The summed E-state index contributed by atoms with van der Waals surface area (Å²) >= 11 is 5.33. The molecule has 0 fully saturated rings. The highest BCUT2D eigenvalue weighted by Crippen LogP contribution is 2.20. The van der Waals surface area contributed by atoms with Crippen LogP contribution in [0.4, 0.5) is 5.69 Å². The summed E-state index contributed by atoms with van der Waals surface area (Å²) in [6, 6.07) is 21.3. The van der Waals surface area contributed by atoms with E-state index in [9.17, 15) is 4.79 Å². The summed E-state index contributed by atoms with van der Waals surface area (Å²) in [5, 5.41) is 8.33. The Labute approximate surface area is 177 Å². The highest BCUT2D eigenvalue weighted by atomic mass is 32.1. The molecule has 29 heavy (non-hydrogen) atoms. The molecule has 2 N–H and O–H groups in total. The molecule has 0 unspecified atom stereocenters. The van der Waals surface area contributed by atoms with Gasteiger partial charge < -0.3 is 10.1 Å². The lowest BCUT2D eigenvalue weighted by atomic mass is 10.1. The van der Waals surface area contributed by atoms with Gasteiger partial charge in [-0.2, -0.15) is 0 Å². The molecule has 0 spiro atoms. The lowest BCUT2D eigenvalue weighted by Gasteiger charge is -2.13. The average molecular weight is 407 g/mol. The van der Waals surface area contributed by atoms with Gasteiger partial charge in [-0.05, 0) is 53.7 Å². The first kappa shape index (κ1) is 20.8. The number of rotatable bonds is 8. The first-order valence-electron chi connectivity index (χ1n) is 10.0. The minimum absolute atomic E-state index is 0.253. The van der Waals surface area contributed by atoms with Crippen LogP contribution in [0.25, 0.3) is 10.8 Å². The number of carbonyl (C=O) groups excluding carboxylic acids is 1. The molecule has 0 heterocycles. The highest BCUT2D eigenvalue weighted by Gasteiger charge is 2.13. The summed E-state index contributed by atoms with van der Waals surface area (Å²) in [5.41, 5.74) is 1.31. The number of benzene rings is 3. The highest BCUT2D eigenvalue weighted by molar-refractivity contribution is 7.80. The Morgan fingerprint density at radius 2 is 1.69 bits per heavy atom. The number of amides is 1. The lowest BCUT2D eigenvalue weighted by Crippen LogP contribution is -2.34. The van der Waals surface area contributed by atoms with Gasteiger partial charge in [0.05, 0.1) is 12.2 Å². The van der Waals surface area contributed by atoms with E-state index in [4.69, 9.17) is 17.0 Å². The number of carbonyl (C=O) groups is 1.